The van der Waals surface area contributed by atoms with Crippen LogP contribution in [0.15, 0.2) is 43.0 Å². The highest BCUT2D eigenvalue weighted by Crippen LogP contribution is 2.30. The van der Waals surface area contributed by atoms with Crippen LogP contribution in [0.2, 0.25) is 0 Å². The Morgan fingerprint density at radius 3 is 2.79 bits per heavy atom. The number of fused-ring (bicyclic) bond motifs is 2. The van der Waals surface area contributed by atoms with Crippen LogP contribution in [-0.2, 0) is 11.3 Å². The maximum Gasteiger partial charge on any atom is 0.254 e. The highest BCUT2D eigenvalue weighted by molar-refractivity contribution is 5.97. The lowest BCUT2D eigenvalue weighted by molar-refractivity contribution is -0.116. The summed E-state index contributed by atoms with van der Waals surface area (Å²) in [5.41, 5.74) is 1.30. The van der Waals surface area contributed by atoms with Crippen molar-refractivity contribution < 1.29 is 9.59 Å². The first-order valence-corrected chi connectivity index (χ1v) is 9.60. The molecule has 2 bridgehead atoms. The third-order valence-corrected chi connectivity index (χ3v) is 5.44. The molecule has 2 aliphatic heterocycles. The molecule has 7 nitrogen and oxygen atoms in total. The number of carbonyl (C=O) groups excluding carboxylic acids is 2. The van der Waals surface area contributed by atoms with E-state index in [0.29, 0.717) is 30.3 Å². The van der Waals surface area contributed by atoms with Crippen molar-refractivity contribution >= 4 is 42.3 Å². The van der Waals surface area contributed by atoms with Gasteiger partial charge in [-0.3, -0.25) is 9.59 Å². The number of imidazole rings is 1. The van der Waals surface area contributed by atoms with Gasteiger partial charge in [0.2, 0.25) is 5.91 Å². The Bertz CT molecular complexity index is 801. The van der Waals surface area contributed by atoms with Gasteiger partial charge in [-0.25, -0.2) is 4.98 Å². The Kier molecular flexibility index (Phi) is 8.49. The number of hydrogen-bond donors (Lipinski definition) is 2. The normalized spacial score (nSPS) is 20.2. The predicted octanol–water partition coefficient (Wildman–Crippen LogP) is 2.72. The van der Waals surface area contributed by atoms with Crippen molar-refractivity contribution in [2.75, 3.05) is 18.4 Å². The topological polar surface area (TPSA) is 79.3 Å². The zero-order valence-corrected chi connectivity index (χ0v) is 17.8. The second-order valence-corrected chi connectivity index (χ2v) is 7.27. The first-order valence-electron chi connectivity index (χ1n) is 9.60. The Labute approximate surface area is 183 Å². The summed E-state index contributed by atoms with van der Waals surface area (Å²) >= 11 is 0. The lowest BCUT2D eigenvalue weighted by atomic mass is 10.1. The minimum absolute atomic E-state index is 0. The molecule has 0 saturated carbocycles. The van der Waals surface area contributed by atoms with E-state index in [9.17, 15) is 9.59 Å². The molecular formula is C20H27Cl2N5O2. The zero-order chi connectivity index (χ0) is 18.6. The maximum absolute atomic E-state index is 13.1. The van der Waals surface area contributed by atoms with E-state index in [0.717, 1.165) is 32.4 Å². The van der Waals surface area contributed by atoms with Crippen LogP contribution >= 0.6 is 24.8 Å². The molecule has 2 N–H and O–H groups in total. The second-order valence-electron chi connectivity index (χ2n) is 7.27. The van der Waals surface area contributed by atoms with Gasteiger partial charge in [0, 0.05) is 55.2 Å². The van der Waals surface area contributed by atoms with Crippen molar-refractivity contribution in [1.82, 2.24) is 19.8 Å². The molecule has 0 radical (unpaired) electrons. The smallest absolute Gasteiger partial charge is 0.254 e. The van der Waals surface area contributed by atoms with Crippen molar-refractivity contribution in [3.05, 3.63) is 48.5 Å². The fourth-order valence-electron chi connectivity index (χ4n) is 4.07. The Balaban J connectivity index is 0.00000150. The van der Waals surface area contributed by atoms with Gasteiger partial charge in [0.25, 0.3) is 5.91 Å². The molecule has 158 valence electrons. The molecule has 1 aromatic carbocycles. The SMILES string of the molecule is Cl.Cl.O=C(CCn1ccnc1)Nc1cccc(C(=O)N2C3CCNCC2CC3)c1. The molecule has 2 atom stereocenters. The molecule has 29 heavy (non-hydrogen) atoms. The molecule has 2 aliphatic rings. The number of carbonyl (C=O) groups is 2. The number of nitrogens with one attached hydrogen (secondary N) is 2. The summed E-state index contributed by atoms with van der Waals surface area (Å²) in [6, 6.07) is 7.88. The van der Waals surface area contributed by atoms with Crippen LogP contribution in [0.3, 0.4) is 0 Å². The van der Waals surface area contributed by atoms with E-state index in [1.807, 2.05) is 29.0 Å². The number of hydrogen-bond acceptors (Lipinski definition) is 4. The summed E-state index contributed by atoms with van der Waals surface area (Å²) in [4.78, 5) is 31.3. The molecule has 9 heteroatoms. The molecular weight excluding hydrogens is 413 g/mol. The van der Waals surface area contributed by atoms with E-state index < -0.39 is 0 Å². The van der Waals surface area contributed by atoms with Gasteiger partial charge in [0.1, 0.15) is 0 Å². The van der Waals surface area contributed by atoms with E-state index >= 15 is 0 Å². The summed E-state index contributed by atoms with van der Waals surface area (Å²) in [7, 11) is 0. The Hall–Kier alpha value is -2.09. The number of aryl methyl sites for hydroxylation is 1. The molecule has 4 rings (SSSR count). The van der Waals surface area contributed by atoms with Gasteiger partial charge in [-0.05, 0) is 44.0 Å². The molecule has 0 aliphatic carbocycles. The maximum atomic E-state index is 13.1. The van der Waals surface area contributed by atoms with Crippen molar-refractivity contribution in [3.63, 3.8) is 0 Å². The predicted molar refractivity (Wildman–Crippen MR) is 117 cm³/mol. The second kappa shape index (κ2) is 10.6. The number of rotatable bonds is 5. The summed E-state index contributed by atoms with van der Waals surface area (Å²) in [6.45, 7) is 2.42. The van der Waals surface area contributed by atoms with Gasteiger partial charge in [-0.1, -0.05) is 6.07 Å². The van der Waals surface area contributed by atoms with Crippen LogP contribution in [0.4, 0.5) is 5.69 Å². The minimum atomic E-state index is -0.0765. The Morgan fingerprint density at radius 2 is 2.00 bits per heavy atom. The van der Waals surface area contributed by atoms with Crippen molar-refractivity contribution in [3.8, 4) is 0 Å². The molecule has 2 fully saturated rings. The molecule has 1 aromatic heterocycles. The summed E-state index contributed by atoms with van der Waals surface area (Å²) in [6.07, 6.45) is 8.73. The number of aromatic nitrogens is 2. The molecule has 3 heterocycles. The van der Waals surface area contributed by atoms with Crippen LogP contribution in [0.1, 0.15) is 36.0 Å². The molecule has 2 aromatic rings. The summed E-state index contributed by atoms with van der Waals surface area (Å²) in [5.74, 6) is -0.00643. The standard InChI is InChI=1S/C20H25N5O2.2ClH/c26-19(7-10-24-11-9-22-14-24)23-16-3-1-2-15(12-16)20(27)25-17-4-5-18(25)13-21-8-6-17;;/h1-3,9,11-12,14,17-18,21H,4-8,10,13H2,(H,23,26);2*1H. The molecule has 2 amide bonds. The number of amides is 2. The highest BCUT2D eigenvalue weighted by atomic mass is 35.5. The summed E-state index contributed by atoms with van der Waals surface area (Å²) in [5, 5.41) is 6.32. The van der Waals surface area contributed by atoms with E-state index in [2.05, 4.69) is 20.5 Å². The van der Waals surface area contributed by atoms with E-state index in [-0.39, 0.29) is 42.7 Å². The monoisotopic (exact) mass is 439 g/mol. The van der Waals surface area contributed by atoms with Crippen molar-refractivity contribution in [2.45, 2.75) is 44.3 Å². The highest BCUT2D eigenvalue weighted by Gasteiger charge is 2.38. The average Bonchev–Trinajstić information content (AvgIpc) is 3.26. The van der Waals surface area contributed by atoms with Gasteiger partial charge >= 0.3 is 0 Å². The fourth-order valence-corrected chi connectivity index (χ4v) is 4.07. The first kappa shape index (κ1) is 23.2. The number of halogens is 2. The molecule has 0 spiro atoms. The lowest BCUT2D eigenvalue weighted by Gasteiger charge is -2.28. The Morgan fingerprint density at radius 1 is 1.17 bits per heavy atom. The van der Waals surface area contributed by atoms with Gasteiger partial charge in [-0.2, -0.15) is 0 Å². The number of nitrogens with zero attached hydrogens (tertiary/aromatic N) is 3. The lowest BCUT2D eigenvalue weighted by Crippen LogP contribution is -2.42. The average molecular weight is 440 g/mol. The van der Waals surface area contributed by atoms with Gasteiger partial charge < -0.3 is 20.1 Å². The van der Waals surface area contributed by atoms with Gasteiger partial charge in [0.15, 0.2) is 0 Å². The third kappa shape index (κ3) is 5.50. The van der Waals surface area contributed by atoms with E-state index in [1.165, 1.54) is 0 Å². The van der Waals surface area contributed by atoms with Crippen molar-refractivity contribution in [2.24, 2.45) is 0 Å². The largest absolute Gasteiger partial charge is 0.337 e. The molecule has 2 unspecified atom stereocenters. The third-order valence-electron chi connectivity index (χ3n) is 5.44. The van der Waals surface area contributed by atoms with Crippen molar-refractivity contribution in [1.29, 1.82) is 0 Å². The molecule has 2 saturated heterocycles. The number of anilines is 1. The minimum Gasteiger partial charge on any atom is -0.337 e. The van der Waals surface area contributed by atoms with Crippen LogP contribution in [0.25, 0.3) is 0 Å². The van der Waals surface area contributed by atoms with Gasteiger partial charge in [-0.15, -0.1) is 24.8 Å². The van der Waals surface area contributed by atoms with Crippen LogP contribution < -0.4 is 10.6 Å². The van der Waals surface area contributed by atoms with Gasteiger partial charge in [0.05, 0.1) is 6.33 Å². The first-order chi connectivity index (χ1) is 13.2. The quantitative estimate of drug-likeness (QED) is 0.750. The number of benzene rings is 1. The van der Waals surface area contributed by atoms with Crippen LogP contribution in [0.5, 0.6) is 0 Å². The van der Waals surface area contributed by atoms with E-state index in [4.69, 9.17) is 0 Å². The zero-order valence-electron chi connectivity index (χ0n) is 16.1. The van der Waals surface area contributed by atoms with E-state index in [1.54, 1.807) is 18.6 Å². The van der Waals surface area contributed by atoms with Crippen LogP contribution in [-0.4, -0.2) is 51.4 Å². The summed E-state index contributed by atoms with van der Waals surface area (Å²) < 4.78 is 1.86. The fraction of sp³-hybridized carbons (Fsp3) is 0.450. The van der Waals surface area contributed by atoms with Crippen LogP contribution in [0, 0.1) is 0 Å².